The summed E-state index contributed by atoms with van der Waals surface area (Å²) in [4.78, 5) is 12.4. The molecule has 0 N–H and O–H groups in total. The van der Waals surface area contributed by atoms with Crippen molar-refractivity contribution in [3.05, 3.63) is 65.7 Å². The molecule has 0 spiro atoms. The van der Waals surface area contributed by atoms with Crippen LogP contribution in [0.1, 0.15) is 21.3 Å². The molecule has 0 saturated carbocycles. The molecule has 2 aromatic carbocycles. The number of ketones is 1. The first-order chi connectivity index (χ1) is 10.2. The van der Waals surface area contributed by atoms with Gasteiger partial charge >= 0.3 is 0 Å². The molecule has 0 aliphatic rings. The third-order valence-electron chi connectivity index (χ3n) is 3.21. The number of hydrogen-bond acceptors (Lipinski definition) is 3. The molecule has 2 unspecified atom stereocenters. The molecule has 106 valence electrons. The molecular formula is C17H14ClNO2. The molecule has 3 nitrogen and oxygen atoms in total. The highest BCUT2D eigenvalue weighted by Crippen LogP contribution is 2.32. The van der Waals surface area contributed by atoms with E-state index in [4.69, 9.17) is 16.3 Å². The van der Waals surface area contributed by atoms with Gasteiger partial charge in [0.05, 0.1) is 18.6 Å². The Balaban J connectivity index is 2.24. The highest BCUT2D eigenvalue weighted by molar-refractivity contribution is 6.23. The Morgan fingerprint density at radius 1 is 1.14 bits per heavy atom. The van der Waals surface area contributed by atoms with Gasteiger partial charge in [-0.05, 0) is 17.7 Å². The number of methoxy groups -OCH3 is 1. The van der Waals surface area contributed by atoms with Gasteiger partial charge in [-0.15, -0.1) is 11.6 Å². The number of halogens is 1. The van der Waals surface area contributed by atoms with Crippen LogP contribution in [0.15, 0.2) is 54.6 Å². The molecule has 0 aliphatic heterocycles. The van der Waals surface area contributed by atoms with Crippen LogP contribution in [0, 0.1) is 17.2 Å². The first-order valence-electron chi connectivity index (χ1n) is 6.44. The van der Waals surface area contributed by atoms with E-state index < -0.39 is 11.3 Å². The average Bonchev–Trinajstić information content (AvgIpc) is 2.56. The topological polar surface area (TPSA) is 50.1 Å². The largest absolute Gasteiger partial charge is 0.497 e. The van der Waals surface area contributed by atoms with E-state index in [0.717, 1.165) is 0 Å². The zero-order valence-corrected chi connectivity index (χ0v) is 12.2. The summed E-state index contributed by atoms with van der Waals surface area (Å²) in [5.41, 5.74) is 1.21. The van der Waals surface area contributed by atoms with Crippen LogP contribution in [0.25, 0.3) is 0 Å². The number of carbonyl (C=O) groups is 1. The van der Waals surface area contributed by atoms with E-state index in [9.17, 15) is 10.1 Å². The van der Waals surface area contributed by atoms with E-state index in [1.165, 1.54) is 0 Å². The van der Waals surface area contributed by atoms with Gasteiger partial charge in [0.15, 0.2) is 5.78 Å². The second-order valence-electron chi connectivity index (χ2n) is 4.51. The van der Waals surface area contributed by atoms with Crippen molar-refractivity contribution in [3.63, 3.8) is 0 Å². The molecule has 0 heterocycles. The molecule has 0 bridgehead atoms. The number of benzene rings is 2. The summed E-state index contributed by atoms with van der Waals surface area (Å²) >= 11 is 6.33. The molecule has 0 aromatic heterocycles. The molecular weight excluding hydrogens is 286 g/mol. The zero-order chi connectivity index (χ0) is 15.2. The lowest BCUT2D eigenvalue weighted by atomic mass is 9.92. The number of hydrogen-bond donors (Lipinski definition) is 0. The minimum absolute atomic E-state index is 0.270. The van der Waals surface area contributed by atoms with Gasteiger partial charge in [-0.25, -0.2) is 0 Å². The van der Waals surface area contributed by atoms with E-state index in [0.29, 0.717) is 16.9 Å². The molecule has 0 aliphatic carbocycles. The van der Waals surface area contributed by atoms with Gasteiger partial charge in [0.1, 0.15) is 11.7 Å². The van der Waals surface area contributed by atoms with Gasteiger partial charge in [0, 0.05) is 5.56 Å². The van der Waals surface area contributed by atoms with E-state index in [2.05, 4.69) is 0 Å². The molecule has 2 rings (SSSR count). The number of nitriles is 1. The second-order valence-corrected chi connectivity index (χ2v) is 4.98. The fourth-order valence-electron chi connectivity index (χ4n) is 2.02. The first kappa shape index (κ1) is 15.1. The monoisotopic (exact) mass is 299 g/mol. The van der Waals surface area contributed by atoms with Crippen LogP contribution in [0.4, 0.5) is 0 Å². The molecule has 2 atom stereocenters. The van der Waals surface area contributed by atoms with Crippen molar-refractivity contribution in [1.82, 2.24) is 0 Å². The number of ether oxygens (including phenoxy) is 1. The number of carbonyl (C=O) groups excluding carboxylic acids is 1. The standard InChI is InChI=1S/C17H14ClNO2/c1-21-14-9-7-12(8-10-14)16(18)15(11-19)17(20)13-5-3-2-4-6-13/h2-10,15-16H,1H3. The third kappa shape index (κ3) is 3.42. The Morgan fingerprint density at radius 2 is 1.76 bits per heavy atom. The highest BCUT2D eigenvalue weighted by atomic mass is 35.5. The van der Waals surface area contributed by atoms with Crippen molar-refractivity contribution in [1.29, 1.82) is 5.26 Å². The third-order valence-corrected chi connectivity index (χ3v) is 3.71. The van der Waals surface area contributed by atoms with Crippen LogP contribution in [0.3, 0.4) is 0 Å². The van der Waals surface area contributed by atoms with Crippen LogP contribution >= 0.6 is 11.6 Å². The number of Topliss-reactive ketones (excluding diaryl/α,β-unsaturated/α-hetero) is 1. The molecule has 2 aromatic rings. The Morgan fingerprint density at radius 3 is 2.29 bits per heavy atom. The lowest BCUT2D eigenvalue weighted by Crippen LogP contribution is -2.18. The summed E-state index contributed by atoms with van der Waals surface area (Å²) in [5, 5.41) is 8.61. The van der Waals surface area contributed by atoms with Crippen LogP contribution in [0.2, 0.25) is 0 Å². The van der Waals surface area contributed by atoms with Crippen LogP contribution < -0.4 is 4.74 Å². The number of alkyl halides is 1. The maximum atomic E-state index is 12.4. The van der Waals surface area contributed by atoms with E-state index in [1.807, 2.05) is 12.1 Å². The van der Waals surface area contributed by atoms with Crippen LogP contribution in [-0.2, 0) is 0 Å². The van der Waals surface area contributed by atoms with E-state index >= 15 is 0 Å². The van der Waals surface area contributed by atoms with Crippen LogP contribution in [-0.4, -0.2) is 12.9 Å². The average molecular weight is 300 g/mol. The Labute approximate surface area is 128 Å². The van der Waals surface area contributed by atoms with Crippen molar-refractivity contribution in [2.45, 2.75) is 5.38 Å². The van der Waals surface area contributed by atoms with Gasteiger partial charge in [0.2, 0.25) is 0 Å². The Kier molecular flexibility index (Phi) is 4.97. The predicted octanol–water partition coefficient (Wildman–Crippen LogP) is 4.00. The van der Waals surface area contributed by atoms with Gasteiger partial charge in [-0.1, -0.05) is 42.5 Å². The number of rotatable bonds is 5. The molecule has 0 radical (unpaired) electrons. The van der Waals surface area contributed by atoms with Crippen LogP contribution in [0.5, 0.6) is 5.75 Å². The minimum Gasteiger partial charge on any atom is -0.497 e. The highest BCUT2D eigenvalue weighted by Gasteiger charge is 2.28. The van der Waals surface area contributed by atoms with Crippen molar-refractivity contribution < 1.29 is 9.53 Å². The maximum Gasteiger partial charge on any atom is 0.181 e. The quantitative estimate of drug-likeness (QED) is 0.619. The lowest BCUT2D eigenvalue weighted by molar-refractivity contribution is 0.0946. The summed E-state index contributed by atoms with van der Waals surface area (Å²) in [6.45, 7) is 0. The van der Waals surface area contributed by atoms with Gasteiger partial charge in [0.25, 0.3) is 0 Å². The van der Waals surface area contributed by atoms with E-state index in [-0.39, 0.29) is 5.78 Å². The first-order valence-corrected chi connectivity index (χ1v) is 6.88. The van der Waals surface area contributed by atoms with Crippen molar-refractivity contribution in [3.8, 4) is 11.8 Å². The summed E-state index contributed by atoms with van der Waals surface area (Å²) in [5.74, 6) is -0.498. The van der Waals surface area contributed by atoms with Gasteiger partial charge < -0.3 is 4.74 Å². The zero-order valence-electron chi connectivity index (χ0n) is 11.5. The van der Waals surface area contributed by atoms with Crippen molar-refractivity contribution in [2.24, 2.45) is 5.92 Å². The molecule has 0 saturated heterocycles. The van der Waals surface area contributed by atoms with Crippen molar-refractivity contribution >= 4 is 17.4 Å². The fourth-order valence-corrected chi connectivity index (χ4v) is 2.34. The van der Waals surface area contributed by atoms with Crippen molar-refractivity contribution in [2.75, 3.05) is 7.11 Å². The summed E-state index contributed by atoms with van der Waals surface area (Å²) in [7, 11) is 1.57. The second kappa shape index (κ2) is 6.92. The Bertz CT molecular complexity index is 647. The maximum absolute atomic E-state index is 12.4. The fraction of sp³-hybridized carbons (Fsp3) is 0.176. The van der Waals surface area contributed by atoms with Gasteiger partial charge in [-0.2, -0.15) is 5.26 Å². The Hall–Kier alpha value is -2.31. The molecule has 4 heteroatoms. The molecule has 0 fully saturated rings. The minimum atomic E-state index is -0.928. The normalized spacial score (nSPS) is 13.0. The smallest absolute Gasteiger partial charge is 0.181 e. The summed E-state index contributed by atoms with van der Waals surface area (Å²) < 4.78 is 5.08. The molecule has 0 amide bonds. The van der Waals surface area contributed by atoms with Gasteiger partial charge in [-0.3, -0.25) is 4.79 Å². The van der Waals surface area contributed by atoms with E-state index in [1.54, 1.807) is 55.6 Å². The molecule has 21 heavy (non-hydrogen) atoms. The number of nitrogens with zero attached hydrogens (tertiary/aromatic N) is 1. The summed E-state index contributed by atoms with van der Waals surface area (Å²) in [6.07, 6.45) is 0. The lowest BCUT2D eigenvalue weighted by Gasteiger charge is -2.15. The summed E-state index contributed by atoms with van der Waals surface area (Å²) in [6, 6.07) is 17.8. The SMILES string of the molecule is COc1ccc(C(Cl)C(C#N)C(=O)c2ccccc2)cc1. The predicted molar refractivity (Wildman–Crippen MR) is 81.5 cm³/mol.